The molecule has 0 bridgehead atoms. The number of ether oxygens (including phenoxy) is 1. The fourth-order valence-corrected chi connectivity index (χ4v) is 5.69. The molecule has 1 aliphatic carbocycles. The summed E-state index contributed by atoms with van der Waals surface area (Å²) in [6, 6.07) is 6.32. The molecule has 12 heteroatoms. The molecule has 1 unspecified atom stereocenters. The molecule has 3 aromatic rings. The van der Waals surface area contributed by atoms with Crippen molar-refractivity contribution in [2.24, 2.45) is 0 Å². The van der Waals surface area contributed by atoms with Crippen molar-refractivity contribution in [2.45, 2.75) is 29.1 Å². The molecule has 0 spiro atoms. The van der Waals surface area contributed by atoms with E-state index in [1.165, 1.54) is 18.2 Å². The Morgan fingerprint density at radius 2 is 1.94 bits per heavy atom. The monoisotopic (exact) mass is 502 g/mol. The Bertz CT molecular complexity index is 1300. The summed E-state index contributed by atoms with van der Waals surface area (Å²) in [6.45, 7) is 0. The van der Waals surface area contributed by atoms with E-state index in [1.807, 2.05) is 0 Å². The van der Waals surface area contributed by atoms with Crippen molar-refractivity contribution >= 4 is 43.8 Å². The van der Waals surface area contributed by atoms with E-state index >= 15 is 0 Å². The molecule has 0 saturated heterocycles. The van der Waals surface area contributed by atoms with Gasteiger partial charge in [-0.25, -0.2) is 22.2 Å². The van der Waals surface area contributed by atoms with Crippen LogP contribution >= 0.6 is 22.9 Å². The second kappa shape index (κ2) is 8.72. The van der Waals surface area contributed by atoms with E-state index < -0.39 is 49.6 Å². The second-order valence-electron chi connectivity index (χ2n) is 6.97. The summed E-state index contributed by atoms with van der Waals surface area (Å²) in [7, 11) is -3.60. The lowest BCUT2D eigenvalue weighted by molar-refractivity contribution is -0.123. The molecule has 0 aliphatic heterocycles. The molecule has 4 rings (SSSR count). The molecular formula is C20H14ClF3N2O4S2. The molecule has 0 radical (unpaired) electrons. The Labute approximate surface area is 189 Å². The fraction of sp³-hybridized carbons (Fsp3) is 0.200. The standard InChI is InChI=1S/C20H14ClF3N2O4S2/c21-13-7-10(1-6-16(13)32(28,29)12-3-4-12)18(19(27)26-20-25-9-17(24)31-20)30-15-5-2-11(22)8-14(15)23/h1-2,5-9,12,18H,3-4H2,(H,25,26,27). The molecule has 1 aliphatic rings. The van der Waals surface area contributed by atoms with Crippen LogP contribution in [-0.2, 0) is 14.6 Å². The zero-order valence-electron chi connectivity index (χ0n) is 16.0. The Balaban J connectivity index is 1.69. The lowest BCUT2D eigenvalue weighted by Gasteiger charge is -2.20. The van der Waals surface area contributed by atoms with Crippen molar-refractivity contribution in [1.82, 2.24) is 4.98 Å². The van der Waals surface area contributed by atoms with Crippen molar-refractivity contribution in [3.63, 3.8) is 0 Å². The van der Waals surface area contributed by atoms with Crippen LogP contribution in [-0.4, -0.2) is 24.6 Å². The van der Waals surface area contributed by atoms with Gasteiger partial charge in [-0.15, -0.1) is 0 Å². The van der Waals surface area contributed by atoms with Gasteiger partial charge < -0.3 is 4.74 Å². The lowest BCUT2D eigenvalue weighted by atomic mass is 10.1. The first-order valence-electron chi connectivity index (χ1n) is 9.22. The van der Waals surface area contributed by atoms with Crippen LogP contribution in [0.2, 0.25) is 5.02 Å². The highest BCUT2D eigenvalue weighted by Crippen LogP contribution is 2.38. The number of carbonyl (C=O) groups excluding carboxylic acids is 1. The molecule has 1 N–H and O–H groups in total. The topological polar surface area (TPSA) is 85.4 Å². The van der Waals surface area contributed by atoms with Crippen molar-refractivity contribution in [2.75, 3.05) is 5.32 Å². The van der Waals surface area contributed by atoms with Crippen molar-refractivity contribution in [3.8, 4) is 5.75 Å². The first-order valence-corrected chi connectivity index (χ1v) is 12.0. The van der Waals surface area contributed by atoms with Crippen LogP contribution in [0.3, 0.4) is 0 Å². The molecule has 1 amide bonds. The summed E-state index contributed by atoms with van der Waals surface area (Å²) in [5.41, 5.74) is 0.100. The normalized spacial score (nSPS) is 14.8. The van der Waals surface area contributed by atoms with E-state index in [9.17, 15) is 26.4 Å². The maximum atomic E-state index is 14.2. The average molecular weight is 503 g/mol. The van der Waals surface area contributed by atoms with Crippen LogP contribution in [0.4, 0.5) is 18.3 Å². The number of nitrogens with one attached hydrogen (secondary N) is 1. The minimum absolute atomic E-state index is 0.0697. The van der Waals surface area contributed by atoms with E-state index in [4.69, 9.17) is 16.3 Å². The van der Waals surface area contributed by atoms with Crippen LogP contribution in [0, 0.1) is 16.8 Å². The van der Waals surface area contributed by atoms with Gasteiger partial charge in [0.1, 0.15) is 5.82 Å². The molecule has 2 aromatic carbocycles. The molecule has 1 atom stereocenters. The molecule has 1 aromatic heterocycles. The number of hydrogen-bond donors (Lipinski definition) is 1. The number of nitrogens with zero attached hydrogens (tertiary/aromatic N) is 1. The first kappa shape index (κ1) is 22.6. The molecule has 1 saturated carbocycles. The van der Waals surface area contributed by atoms with Gasteiger partial charge in [0.05, 0.1) is 21.4 Å². The van der Waals surface area contributed by atoms with Crippen LogP contribution in [0.1, 0.15) is 24.5 Å². The minimum atomic E-state index is -3.60. The number of rotatable bonds is 7. The van der Waals surface area contributed by atoms with E-state index in [2.05, 4.69) is 10.3 Å². The van der Waals surface area contributed by atoms with E-state index in [1.54, 1.807) is 0 Å². The third kappa shape index (κ3) is 4.74. The van der Waals surface area contributed by atoms with Gasteiger partial charge in [-0.3, -0.25) is 10.1 Å². The predicted octanol–water partition coefficient (Wildman–Crippen LogP) is 4.91. The maximum Gasteiger partial charge on any atom is 0.271 e. The summed E-state index contributed by atoms with van der Waals surface area (Å²) in [6.07, 6.45) is 0.465. The van der Waals surface area contributed by atoms with E-state index in [-0.39, 0.29) is 20.6 Å². The zero-order valence-corrected chi connectivity index (χ0v) is 18.4. The van der Waals surface area contributed by atoms with Gasteiger partial charge in [-0.2, -0.15) is 4.39 Å². The van der Waals surface area contributed by atoms with Gasteiger partial charge >= 0.3 is 0 Å². The minimum Gasteiger partial charge on any atom is -0.473 e. The van der Waals surface area contributed by atoms with E-state index in [0.29, 0.717) is 30.2 Å². The Morgan fingerprint density at radius 1 is 1.19 bits per heavy atom. The van der Waals surface area contributed by atoms with Gasteiger partial charge in [-0.1, -0.05) is 29.0 Å². The molecular weight excluding hydrogens is 489 g/mol. The molecule has 1 fully saturated rings. The summed E-state index contributed by atoms with van der Waals surface area (Å²) in [5.74, 6) is -3.17. The van der Waals surface area contributed by atoms with Crippen molar-refractivity contribution in [1.29, 1.82) is 0 Å². The molecule has 32 heavy (non-hydrogen) atoms. The van der Waals surface area contributed by atoms with Crippen LogP contribution in [0.25, 0.3) is 0 Å². The Kier molecular flexibility index (Phi) is 6.15. The SMILES string of the molecule is O=C(Nc1ncc(F)s1)C(Oc1ccc(F)cc1F)c1ccc(S(=O)(=O)C2CC2)c(Cl)c1. The predicted molar refractivity (Wildman–Crippen MR) is 112 cm³/mol. The highest BCUT2D eigenvalue weighted by Gasteiger charge is 2.38. The summed E-state index contributed by atoms with van der Waals surface area (Å²) >= 11 is 6.77. The van der Waals surface area contributed by atoms with Gasteiger partial charge in [0, 0.05) is 11.6 Å². The number of halogens is 4. The summed E-state index contributed by atoms with van der Waals surface area (Å²) < 4.78 is 71.2. The fourth-order valence-electron chi connectivity index (χ4n) is 2.92. The maximum absolute atomic E-state index is 14.2. The van der Waals surface area contributed by atoms with Crippen LogP contribution in [0.5, 0.6) is 5.75 Å². The molecule has 1 heterocycles. The molecule has 168 valence electrons. The Morgan fingerprint density at radius 3 is 2.53 bits per heavy atom. The van der Waals surface area contributed by atoms with Gasteiger partial charge in [-0.05, 0) is 37.1 Å². The highest BCUT2D eigenvalue weighted by molar-refractivity contribution is 7.92. The molecule has 6 nitrogen and oxygen atoms in total. The second-order valence-corrected chi connectivity index (χ2v) is 10.6. The van der Waals surface area contributed by atoms with Gasteiger partial charge in [0.25, 0.3) is 5.91 Å². The third-order valence-electron chi connectivity index (χ3n) is 4.61. The number of carbonyl (C=O) groups is 1. The number of anilines is 1. The zero-order chi connectivity index (χ0) is 23.0. The quantitative estimate of drug-likeness (QED) is 0.496. The number of hydrogen-bond acceptors (Lipinski definition) is 6. The number of aromatic nitrogens is 1. The number of amides is 1. The van der Waals surface area contributed by atoms with Crippen molar-refractivity contribution in [3.05, 3.63) is 69.9 Å². The van der Waals surface area contributed by atoms with Gasteiger partial charge in [0.15, 0.2) is 31.7 Å². The van der Waals surface area contributed by atoms with Crippen LogP contribution < -0.4 is 10.1 Å². The van der Waals surface area contributed by atoms with Gasteiger partial charge in [0.2, 0.25) is 6.10 Å². The lowest BCUT2D eigenvalue weighted by Crippen LogP contribution is -2.26. The average Bonchev–Trinajstić information content (AvgIpc) is 3.51. The van der Waals surface area contributed by atoms with Crippen LogP contribution in [0.15, 0.2) is 47.5 Å². The smallest absolute Gasteiger partial charge is 0.271 e. The number of benzene rings is 2. The highest BCUT2D eigenvalue weighted by atomic mass is 35.5. The number of thiazole rings is 1. The largest absolute Gasteiger partial charge is 0.473 e. The van der Waals surface area contributed by atoms with Crippen molar-refractivity contribution < 1.29 is 31.1 Å². The third-order valence-corrected chi connectivity index (χ3v) is 8.06. The first-order chi connectivity index (χ1) is 15.1. The summed E-state index contributed by atoms with van der Waals surface area (Å²) in [5, 5.41) is 1.02. The Hall–Kier alpha value is -2.63. The summed E-state index contributed by atoms with van der Waals surface area (Å²) in [4.78, 5) is 16.5. The van der Waals surface area contributed by atoms with E-state index in [0.717, 1.165) is 18.3 Å². The number of sulfone groups is 1.